The molecule has 0 fully saturated rings. The molecule has 5 nitrogen and oxygen atoms in total. The molecule has 11 heteroatoms. The van der Waals surface area contributed by atoms with Gasteiger partial charge in [0, 0.05) is 47.5 Å². The van der Waals surface area contributed by atoms with Crippen LogP contribution in [0.4, 0.5) is 17.3 Å². The van der Waals surface area contributed by atoms with E-state index in [0.717, 1.165) is 66.8 Å². The van der Waals surface area contributed by atoms with Crippen LogP contribution in [0.5, 0.6) is 11.5 Å². The van der Waals surface area contributed by atoms with Crippen LogP contribution >= 0.6 is 0 Å². The van der Waals surface area contributed by atoms with Gasteiger partial charge < -0.3 is 39.9 Å². The predicted octanol–water partition coefficient (Wildman–Crippen LogP) is 11.9. The van der Waals surface area contributed by atoms with Crippen LogP contribution in [0.15, 0.2) is 82.2 Å². The first-order valence-electron chi connectivity index (χ1n) is 20.5. The van der Waals surface area contributed by atoms with Crippen molar-refractivity contribution in [1.29, 1.82) is 0 Å². The number of hydrogen-bond acceptors (Lipinski definition) is 1. The molecule has 0 saturated carbocycles. The Kier molecular flexibility index (Phi) is 9.02. The lowest BCUT2D eigenvalue weighted by Crippen LogP contribution is -2.51. The van der Waals surface area contributed by atoms with Crippen LogP contribution < -0.4 is 4.74 Å². The topological polar surface area (TPSA) is 25.1 Å². The van der Waals surface area contributed by atoms with Crippen LogP contribution in [-0.2, 0) is 12.8 Å². The number of hydrogen-bond donors (Lipinski definition) is 0. The van der Waals surface area contributed by atoms with Crippen molar-refractivity contribution in [3.63, 3.8) is 0 Å². The van der Waals surface area contributed by atoms with Crippen molar-refractivity contribution in [2.75, 3.05) is 0 Å². The zero-order chi connectivity index (χ0) is 41.2. The Morgan fingerprint density at radius 1 is 0.509 bits per heavy atom. The predicted molar refractivity (Wildman–Crippen MR) is 226 cm³/mol. The monoisotopic (exact) mass is 774 g/mol. The summed E-state index contributed by atoms with van der Waals surface area (Å²) in [5.41, 5.74) is 15.5. The van der Waals surface area contributed by atoms with Crippen molar-refractivity contribution in [3.05, 3.63) is 138 Å². The van der Waals surface area contributed by atoms with Gasteiger partial charge in [0.05, 0.1) is 11.1 Å². The molecule has 2 aromatic carbocycles. The fraction of sp³-hybridized carbons (Fsp3) is 0.348. The number of fused-ring (bicyclic) bond motifs is 4. The molecule has 296 valence electrons. The van der Waals surface area contributed by atoms with Gasteiger partial charge in [-0.05, 0) is 136 Å². The molecule has 0 radical (unpaired) electrons. The van der Waals surface area contributed by atoms with E-state index in [1.807, 2.05) is 132 Å². The summed E-state index contributed by atoms with van der Waals surface area (Å²) in [4.78, 5) is 0. The minimum Gasteiger partial charge on any atom is -0.457 e. The van der Waals surface area contributed by atoms with Gasteiger partial charge in [-0.15, -0.1) is 0 Å². The number of allylic oxidation sites excluding steroid dienone is 4. The maximum atomic E-state index is 16.7. The molecule has 8 rings (SSSR count). The lowest BCUT2D eigenvalue weighted by molar-refractivity contribution is -0.364. The fourth-order valence-electron chi connectivity index (χ4n) is 11.0. The molecule has 0 N–H and O–H groups in total. The van der Waals surface area contributed by atoms with Gasteiger partial charge in [0.15, 0.2) is 11.4 Å². The second kappa shape index (κ2) is 13.2. The molecule has 0 unspecified atom stereocenters. The Hall–Kier alpha value is -5.05. The van der Waals surface area contributed by atoms with Gasteiger partial charge in [0.25, 0.3) is 0 Å². The highest BCUT2D eigenvalue weighted by atomic mass is 19.3. The first kappa shape index (κ1) is 38.8. The average molecular weight is 775 g/mol. The largest absolute Gasteiger partial charge is 0.737 e. The second-order valence-corrected chi connectivity index (χ2v) is 16.1. The van der Waals surface area contributed by atoms with E-state index in [1.54, 1.807) is 0 Å². The number of rotatable bonds is 8. The summed E-state index contributed by atoms with van der Waals surface area (Å²) in [6.45, 7) is 15.0. The lowest BCUT2D eigenvalue weighted by Gasteiger charge is -2.34. The number of benzene rings is 2. The molecule has 4 aromatic rings. The Morgan fingerprint density at radius 2 is 0.842 bits per heavy atom. The SMILES string of the molecule is CCC1=C(C)C2=C(c3ccc(Oc4ccc(C5=C6C(C)=C(CC)C(C)=[N+]6[B-](F)(F)n6c(C)c(CC)c(C)c65)cc4)cc3)c3c(C)c(CC)c(C)n3[B-](F)(F)[N+]2=C1C. The average Bonchev–Trinajstić information content (AvgIpc) is 3.79. The third-order valence-electron chi connectivity index (χ3n) is 13.5. The van der Waals surface area contributed by atoms with E-state index in [-0.39, 0.29) is 0 Å². The third kappa shape index (κ3) is 5.08. The highest BCUT2D eigenvalue weighted by Gasteiger charge is 2.58. The van der Waals surface area contributed by atoms with Gasteiger partial charge in [-0.3, -0.25) is 0 Å². The molecular weight excluding hydrogens is 722 g/mol. The number of ether oxygens (including phenoxy) is 1. The molecule has 0 bridgehead atoms. The summed E-state index contributed by atoms with van der Waals surface area (Å²) in [5, 5.41) is 0. The molecule has 0 atom stereocenters. The molecular formula is C46H52B2F4N4O. The van der Waals surface area contributed by atoms with Crippen LogP contribution in [0.1, 0.15) is 124 Å². The van der Waals surface area contributed by atoms with E-state index in [9.17, 15) is 0 Å². The Labute approximate surface area is 334 Å². The van der Waals surface area contributed by atoms with E-state index < -0.39 is 13.9 Å². The van der Waals surface area contributed by atoms with E-state index in [1.165, 1.54) is 17.9 Å². The summed E-state index contributed by atoms with van der Waals surface area (Å²) in [6.07, 6.45) is 2.67. The first-order valence-corrected chi connectivity index (χ1v) is 20.5. The van der Waals surface area contributed by atoms with Gasteiger partial charge >= 0.3 is 13.9 Å². The minimum absolute atomic E-state index is 0.582. The van der Waals surface area contributed by atoms with E-state index in [0.29, 0.717) is 82.8 Å². The molecule has 2 aromatic heterocycles. The molecule has 6 heterocycles. The Bertz CT molecular complexity index is 2460. The van der Waals surface area contributed by atoms with Crippen LogP contribution in [0.25, 0.3) is 11.1 Å². The highest BCUT2D eigenvalue weighted by molar-refractivity contribution is 6.59. The molecule has 0 spiro atoms. The third-order valence-corrected chi connectivity index (χ3v) is 13.5. The van der Waals surface area contributed by atoms with Gasteiger partial charge in [-0.2, -0.15) is 0 Å². The first-order chi connectivity index (χ1) is 27.0. The Balaban J connectivity index is 1.20. The molecule has 4 aliphatic heterocycles. The zero-order valence-corrected chi connectivity index (χ0v) is 35.3. The molecule has 4 aliphatic rings. The van der Waals surface area contributed by atoms with Crippen molar-refractivity contribution in [2.24, 2.45) is 0 Å². The van der Waals surface area contributed by atoms with E-state index >= 15 is 17.3 Å². The maximum absolute atomic E-state index is 16.7. The van der Waals surface area contributed by atoms with E-state index in [4.69, 9.17) is 4.74 Å². The fourth-order valence-corrected chi connectivity index (χ4v) is 11.0. The van der Waals surface area contributed by atoms with E-state index in [2.05, 4.69) is 0 Å². The van der Waals surface area contributed by atoms with Crippen LogP contribution in [0, 0.1) is 27.7 Å². The van der Waals surface area contributed by atoms with Crippen LogP contribution in [0.3, 0.4) is 0 Å². The van der Waals surface area contributed by atoms with Gasteiger partial charge in [0.2, 0.25) is 0 Å². The molecule has 57 heavy (non-hydrogen) atoms. The molecule has 0 aliphatic carbocycles. The van der Waals surface area contributed by atoms with Crippen molar-refractivity contribution in [2.45, 2.75) is 109 Å². The summed E-state index contributed by atoms with van der Waals surface area (Å²) in [6, 6.07) is 15.4. The number of halogens is 4. The van der Waals surface area contributed by atoms with Gasteiger partial charge in [-0.25, -0.2) is 0 Å². The number of aromatic nitrogens is 2. The zero-order valence-electron chi connectivity index (χ0n) is 35.3. The minimum atomic E-state index is -4.11. The Morgan fingerprint density at radius 3 is 1.14 bits per heavy atom. The van der Waals surface area contributed by atoms with Crippen LogP contribution in [0.2, 0.25) is 0 Å². The summed E-state index contributed by atoms with van der Waals surface area (Å²) in [5.74, 6) is 1.20. The van der Waals surface area contributed by atoms with Crippen molar-refractivity contribution < 1.29 is 31.0 Å². The quantitative estimate of drug-likeness (QED) is 0.129. The highest BCUT2D eigenvalue weighted by Crippen LogP contribution is 2.49. The van der Waals surface area contributed by atoms with Crippen molar-refractivity contribution >= 4 is 36.5 Å². The summed E-state index contributed by atoms with van der Waals surface area (Å²) in [7, 11) is 0. The van der Waals surface area contributed by atoms with Gasteiger partial charge in [0.1, 0.15) is 22.9 Å². The number of nitrogens with zero attached hydrogens (tertiary/aromatic N) is 4. The second-order valence-electron chi connectivity index (χ2n) is 16.1. The lowest BCUT2D eigenvalue weighted by atomic mass is 9.83. The van der Waals surface area contributed by atoms with Crippen LogP contribution in [-0.4, -0.2) is 43.3 Å². The van der Waals surface area contributed by atoms with Crippen molar-refractivity contribution in [1.82, 2.24) is 8.96 Å². The summed E-state index contributed by atoms with van der Waals surface area (Å²) >= 11 is 0. The maximum Gasteiger partial charge on any atom is 0.737 e. The normalized spacial score (nSPS) is 18.3. The van der Waals surface area contributed by atoms with Gasteiger partial charge in [-0.1, -0.05) is 52.0 Å². The van der Waals surface area contributed by atoms with Crippen molar-refractivity contribution in [3.8, 4) is 11.5 Å². The summed E-state index contributed by atoms with van der Waals surface area (Å²) < 4.78 is 78.5. The smallest absolute Gasteiger partial charge is 0.457 e. The molecule has 0 saturated heterocycles. The molecule has 0 amide bonds. The standard InChI is InChI=1S/C46H52B2F4N4O/c1-13-37-25(5)43-41(44-26(6)38(14-2)30(10)54(44)47(49,50)53(43)29(37)9)33-17-21-35(22-18-33)57-36-23-19-34(20-24-36)42-45-27(7)39(15-3)31(11)55(45)48(51,52)56-32(12)40(16-4)28(8)46(42)56/h17-24H,13-16H2,1-12H3.